The molecule has 0 aliphatic carbocycles. The predicted molar refractivity (Wildman–Crippen MR) is 124 cm³/mol. The van der Waals surface area contributed by atoms with Gasteiger partial charge in [0.05, 0.1) is 6.26 Å². The number of hydrogen-bond donors (Lipinski definition) is 3. The summed E-state index contributed by atoms with van der Waals surface area (Å²) >= 11 is 0. The Balaban J connectivity index is 0. The minimum Gasteiger partial charge on any atom is -0.516 e. The molecular weight excluding hydrogens is 380 g/mol. The summed E-state index contributed by atoms with van der Waals surface area (Å²) in [5.74, 6) is -0.354. The third kappa shape index (κ3) is 16.0. The van der Waals surface area contributed by atoms with Gasteiger partial charge in [0.2, 0.25) is 11.8 Å². The molecule has 0 spiro atoms. The van der Waals surface area contributed by atoms with Crippen LogP contribution in [0.3, 0.4) is 0 Å². The molecule has 0 aromatic rings. The van der Waals surface area contributed by atoms with Gasteiger partial charge in [-0.05, 0) is 51.9 Å². The maximum Gasteiger partial charge on any atom is 0.222 e. The van der Waals surface area contributed by atoms with Crippen molar-refractivity contribution < 1.29 is 19.5 Å². The van der Waals surface area contributed by atoms with E-state index in [0.29, 0.717) is 19.3 Å². The van der Waals surface area contributed by atoms with E-state index in [0.717, 1.165) is 57.6 Å². The fourth-order valence-corrected chi connectivity index (χ4v) is 3.44. The van der Waals surface area contributed by atoms with Gasteiger partial charge in [-0.3, -0.25) is 14.4 Å². The molecule has 0 heterocycles. The highest BCUT2D eigenvalue weighted by Crippen LogP contribution is 2.24. The summed E-state index contributed by atoms with van der Waals surface area (Å²) in [6.45, 7) is 7.85. The van der Waals surface area contributed by atoms with E-state index < -0.39 is 0 Å². The fourth-order valence-electron chi connectivity index (χ4n) is 3.44. The van der Waals surface area contributed by atoms with Gasteiger partial charge >= 0.3 is 0 Å². The quantitative estimate of drug-likeness (QED) is 0.299. The van der Waals surface area contributed by atoms with E-state index in [1.54, 1.807) is 20.0 Å². The molecule has 0 saturated carbocycles. The average molecular weight is 427 g/mol. The first-order valence-electron chi connectivity index (χ1n) is 11.6. The molecule has 0 rings (SSSR count). The van der Waals surface area contributed by atoms with Gasteiger partial charge in [-0.1, -0.05) is 52.5 Å². The summed E-state index contributed by atoms with van der Waals surface area (Å²) in [7, 11) is 1.63. The Morgan fingerprint density at radius 2 is 1.43 bits per heavy atom. The molecule has 0 aliphatic rings. The van der Waals surface area contributed by atoms with Gasteiger partial charge in [0.15, 0.2) is 0 Å². The van der Waals surface area contributed by atoms with Crippen molar-refractivity contribution in [1.82, 2.24) is 5.32 Å². The molecule has 0 aromatic carbocycles. The van der Waals surface area contributed by atoms with E-state index in [9.17, 15) is 14.4 Å². The molecule has 0 aromatic heterocycles. The summed E-state index contributed by atoms with van der Waals surface area (Å²) < 4.78 is 0. The number of nitrogens with two attached hydrogens (primary N) is 1. The van der Waals surface area contributed by atoms with Crippen LogP contribution in [0.4, 0.5) is 0 Å². The number of amides is 2. The second kappa shape index (κ2) is 20.4. The molecule has 3 atom stereocenters. The Morgan fingerprint density at radius 3 is 1.80 bits per heavy atom. The van der Waals surface area contributed by atoms with Crippen molar-refractivity contribution in [2.75, 3.05) is 7.05 Å². The van der Waals surface area contributed by atoms with Gasteiger partial charge < -0.3 is 16.2 Å². The first-order valence-corrected chi connectivity index (χ1v) is 11.6. The highest BCUT2D eigenvalue weighted by atomic mass is 16.2. The number of Topliss-reactive ketones (excluding diaryl/α,β-unsaturated/α-hetero) is 1. The number of hydrogen-bond acceptors (Lipinski definition) is 4. The maximum atomic E-state index is 12.1. The molecule has 30 heavy (non-hydrogen) atoms. The molecule has 0 aliphatic heterocycles. The monoisotopic (exact) mass is 426 g/mol. The molecular formula is C24H46N2O4. The van der Waals surface area contributed by atoms with E-state index in [4.69, 9.17) is 10.8 Å². The van der Waals surface area contributed by atoms with E-state index in [-0.39, 0.29) is 35.4 Å². The fraction of sp³-hybridized carbons (Fsp3) is 0.792. The normalized spacial score (nSPS) is 13.8. The molecule has 3 unspecified atom stereocenters. The van der Waals surface area contributed by atoms with Gasteiger partial charge in [-0.15, -0.1) is 0 Å². The third-order valence-corrected chi connectivity index (χ3v) is 5.43. The van der Waals surface area contributed by atoms with Crippen molar-refractivity contribution in [2.24, 2.45) is 23.5 Å². The number of aliphatic hydroxyl groups excluding tert-OH is 1. The zero-order chi connectivity index (χ0) is 23.4. The number of carbonyl (C=O) groups excluding carboxylic acids is 3. The summed E-state index contributed by atoms with van der Waals surface area (Å²) in [6.07, 6.45) is 12.3. The number of allylic oxidation sites excluding steroid dienone is 1. The summed E-state index contributed by atoms with van der Waals surface area (Å²) in [5, 5.41) is 10.7. The topological polar surface area (TPSA) is 109 Å². The molecule has 2 amide bonds. The van der Waals surface area contributed by atoms with Gasteiger partial charge in [0.25, 0.3) is 0 Å². The molecule has 6 nitrogen and oxygen atoms in total. The van der Waals surface area contributed by atoms with Crippen LogP contribution in [0.2, 0.25) is 0 Å². The van der Waals surface area contributed by atoms with Gasteiger partial charge in [0, 0.05) is 24.8 Å². The Bertz CT molecular complexity index is 492. The molecule has 4 N–H and O–H groups in total. The number of primary amides is 1. The van der Waals surface area contributed by atoms with Gasteiger partial charge in [-0.2, -0.15) is 0 Å². The van der Waals surface area contributed by atoms with Crippen molar-refractivity contribution in [1.29, 1.82) is 0 Å². The second-order valence-corrected chi connectivity index (χ2v) is 7.98. The Morgan fingerprint density at radius 1 is 0.867 bits per heavy atom. The van der Waals surface area contributed by atoms with Crippen LogP contribution in [0.25, 0.3) is 0 Å². The highest BCUT2D eigenvalue weighted by Gasteiger charge is 2.24. The van der Waals surface area contributed by atoms with E-state index in [2.05, 4.69) is 26.1 Å². The van der Waals surface area contributed by atoms with Crippen molar-refractivity contribution in [3.05, 3.63) is 12.3 Å². The van der Waals surface area contributed by atoms with Gasteiger partial charge in [-0.25, -0.2) is 0 Å². The minimum absolute atomic E-state index is 0.00693. The largest absolute Gasteiger partial charge is 0.516 e. The maximum absolute atomic E-state index is 12.1. The first kappa shape index (κ1) is 30.3. The lowest BCUT2D eigenvalue weighted by molar-refractivity contribution is -0.127. The van der Waals surface area contributed by atoms with Crippen LogP contribution >= 0.6 is 0 Å². The lowest BCUT2D eigenvalue weighted by atomic mass is 9.85. The number of rotatable bonds is 16. The van der Waals surface area contributed by atoms with Crippen molar-refractivity contribution in [3.8, 4) is 0 Å². The zero-order valence-electron chi connectivity index (χ0n) is 19.9. The van der Waals surface area contributed by atoms with Crippen LogP contribution in [0.5, 0.6) is 0 Å². The third-order valence-electron chi connectivity index (χ3n) is 5.43. The van der Waals surface area contributed by atoms with Crippen LogP contribution in [0.15, 0.2) is 12.3 Å². The van der Waals surface area contributed by atoms with E-state index >= 15 is 0 Å². The molecule has 176 valence electrons. The SMILES string of the molecule is CCCC=CO.CCCCC(CCC(CCC(CCC)C(C)=O)C(=O)NC)C(N)=O. The minimum atomic E-state index is -0.272. The number of unbranched alkanes of at least 4 members (excludes halogenated alkanes) is 2. The molecule has 0 bridgehead atoms. The lowest BCUT2D eigenvalue weighted by Gasteiger charge is -2.21. The number of carbonyl (C=O) groups is 3. The Hall–Kier alpha value is -1.85. The van der Waals surface area contributed by atoms with Crippen LogP contribution in [0, 0.1) is 17.8 Å². The van der Waals surface area contributed by atoms with Gasteiger partial charge in [0.1, 0.15) is 5.78 Å². The molecule has 6 heteroatoms. The first-order chi connectivity index (χ1) is 14.3. The number of nitrogens with one attached hydrogen (secondary N) is 1. The highest BCUT2D eigenvalue weighted by molar-refractivity contribution is 5.80. The molecule has 0 radical (unpaired) electrons. The standard InChI is InChI=1S/C19H36N2O3.C5H10O/c1-5-7-9-16(18(20)23)11-13-17(19(24)21-4)12-10-15(8-6-2)14(3)22;1-2-3-4-5-6/h15-17H,5-13H2,1-4H3,(H2,20,23)(H,21,24);4-6H,2-3H2,1H3. The van der Waals surface area contributed by atoms with Crippen LogP contribution in [-0.2, 0) is 14.4 Å². The lowest BCUT2D eigenvalue weighted by Crippen LogP contribution is -2.30. The Labute approximate surface area is 184 Å². The van der Waals surface area contributed by atoms with E-state index in [1.807, 2.05) is 0 Å². The van der Waals surface area contributed by atoms with Crippen molar-refractivity contribution in [2.45, 2.75) is 98.3 Å². The molecule has 0 fully saturated rings. The van der Waals surface area contributed by atoms with Crippen molar-refractivity contribution >= 4 is 17.6 Å². The summed E-state index contributed by atoms with van der Waals surface area (Å²) in [5.41, 5.74) is 5.49. The predicted octanol–water partition coefficient (Wildman–Crippen LogP) is 5.06. The number of aliphatic hydroxyl groups is 1. The van der Waals surface area contributed by atoms with Crippen LogP contribution < -0.4 is 11.1 Å². The smallest absolute Gasteiger partial charge is 0.222 e. The molecule has 0 saturated heterocycles. The second-order valence-electron chi connectivity index (χ2n) is 7.98. The van der Waals surface area contributed by atoms with Crippen molar-refractivity contribution in [3.63, 3.8) is 0 Å². The Kier molecular flexibility index (Phi) is 20.7. The summed E-state index contributed by atoms with van der Waals surface area (Å²) in [4.78, 5) is 35.4. The van der Waals surface area contributed by atoms with Crippen LogP contribution in [-0.4, -0.2) is 29.8 Å². The average Bonchev–Trinajstić information content (AvgIpc) is 2.72. The number of ketones is 1. The zero-order valence-corrected chi connectivity index (χ0v) is 19.9. The van der Waals surface area contributed by atoms with E-state index in [1.165, 1.54) is 0 Å². The summed E-state index contributed by atoms with van der Waals surface area (Å²) in [6, 6.07) is 0. The van der Waals surface area contributed by atoms with Crippen LogP contribution in [0.1, 0.15) is 98.3 Å².